The van der Waals surface area contributed by atoms with Gasteiger partial charge in [0.25, 0.3) is 11.7 Å². The average molecular weight is 534 g/mol. The Hall–Kier alpha value is -4.82. The third-order valence-electron chi connectivity index (χ3n) is 6.98. The molecule has 5 rings (SSSR count). The average Bonchev–Trinajstić information content (AvgIpc) is 3.50. The standard InChI is InChI=1S/C32H31N5O3/c1-21(25-17-16-24-14-8-9-15-26(24)19-25)28(33)30(38)35-27(18-22-10-4-2-5-11-22)32-36-29(37-40-32)31(39)34-20-23-12-6-3-7-13-23/h2-17,19,21,27-28H,18,20,33H2,1H3,(H,34,39)(H,35,38). The van der Waals surface area contributed by atoms with E-state index in [1.807, 2.05) is 104 Å². The highest BCUT2D eigenvalue weighted by Crippen LogP contribution is 2.25. The number of hydrogen-bond acceptors (Lipinski definition) is 6. The van der Waals surface area contributed by atoms with Crippen LogP contribution in [-0.2, 0) is 17.8 Å². The topological polar surface area (TPSA) is 123 Å². The number of nitrogens with two attached hydrogens (primary N) is 1. The van der Waals surface area contributed by atoms with Crippen molar-refractivity contribution in [3.63, 3.8) is 0 Å². The number of amides is 2. The Morgan fingerprint density at radius 3 is 2.23 bits per heavy atom. The molecule has 0 fully saturated rings. The maximum absolute atomic E-state index is 13.4. The molecule has 0 spiro atoms. The van der Waals surface area contributed by atoms with Crippen LogP contribution in [0.5, 0.6) is 0 Å². The van der Waals surface area contributed by atoms with Crippen LogP contribution in [0.1, 0.15) is 52.1 Å². The maximum atomic E-state index is 13.4. The second kappa shape index (κ2) is 12.4. The fourth-order valence-corrected chi connectivity index (χ4v) is 4.57. The Kier molecular flexibility index (Phi) is 8.27. The lowest BCUT2D eigenvalue weighted by atomic mass is 9.91. The monoisotopic (exact) mass is 533 g/mol. The first-order valence-corrected chi connectivity index (χ1v) is 13.2. The van der Waals surface area contributed by atoms with Crippen LogP contribution in [0.15, 0.2) is 108 Å². The number of nitrogens with zero attached hydrogens (tertiary/aromatic N) is 2. The molecule has 4 aromatic carbocycles. The Bertz CT molecular complexity index is 1590. The van der Waals surface area contributed by atoms with Crippen molar-refractivity contribution in [3.05, 3.63) is 132 Å². The second-order valence-electron chi connectivity index (χ2n) is 9.80. The molecule has 5 aromatic rings. The second-order valence-corrected chi connectivity index (χ2v) is 9.80. The van der Waals surface area contributed by atoms with Gasteiger partial charge in [-0.25, -0.2) is 0 Å². The summed E-state index contributed by atoms with van der Waals surface area (Å²) in [4.78, 5) is 30.4. The van der Waals surface area contributed by atoms with E-state index >= 15 is 0 Å². The van der Waals surface area contributed by atoms with Gasteiger partial charge in [0.1, 0.15) is 6.04 Å². The quantitative estimate of drug-likeness (QED) is 0.239. The lowest BCUT2D eigenvalue weighted by Gasteiger charge is -2.23. The molecule has 202 valence electrons. The van der Waals surface area contributed by atoms with Crippen LogP contribution >= 0.6 is 0 Å². The third kappa shape index (κ3) is 6.42. The number of benzene rings is 4. The van der Waals surface area contributed by atoms with Crippen LogP contribution in [0.4, 0.5) is 0 Å². The zero-order chi connectivity index (χ0) is 27.9. The van der Waals surface area contributed by atoms with Gasteiger partial charge < -0.3 is 20.9 Å². The predicted molar refractivity (Wildman–Crippen MR) is 153 cm³/mol. The van der Waals surface area contributed by atoms with E-state index in [2.05, 4.69) is 26.8 Å². The Morgan fingerprint density at radius 2 is 1.50 bits per heavy atom. The van der Waals surface area contributed by atoms with Gasteiger partial charge in [0.05, 0.1) is 6.04 Å². The van der Waals surface area contributed by atoms with E-state index in [0.29, 0.717) is 13.0 Å². The highest BCUT2D eigenvalue weighted by Gasteiger charge is 2.29. The lowest BCUT2D eigenvalue weighted by molar-refractivity contribution is -0.123. The highest BCUT2D eigenvalue weighted by atomic mass is 16.5. The predicted octanol–water partition coefficient (Wildman–Crippen LogP) is 4.68. The van der Waals surface area contributed by atoms with Crippen molar-refractivity contribution in [3.8, 4) is 0 Å². The fourth-order valence-electron chi connectivity index (χ4n) is 4.57. The molecule has 8 nitrogen and oxygen atoms in total. The van der Waals surface area contributed by atoms with E-state index < -0.39 is 18.0 Å². The Morgan fingerprint density at radius 1 is 0.850 bits per heavy atom. The summed E-state index contributed by atoms with van der Waals surface area (Å²) in [6.07, 6.45) is 0.386. The molecule has 3 atom stereocenters. The number of carbonyl (C=O) groups is 2. The van der Waals surface area contributed by atoms with Crippen molar-refractivity contribution in [1.82, 2.24) is 20.8 Å². The minimum Gasteiger partial charge on any atom is -0.345 e. The molecule has 0 bridgehead atoms. The molecule has 0 saturated carbocycles. The van der Waals surface area contributed by atoms with Crippen LogP contribution in [0.3, 0.4) is 0 Å². The van der Waals surface area contributed by atoms with Gasteiger partial charge in [0.2, 0.25) is 11.8 Å². The molecule has 1 heterocycles. The summed E-state index contributed by atoms with van der Waals surface area (Å²) >= 11 is 0. The smallest absolute Gasteiger partial charge is 0.292 e. The molecule has 0 radical (unpaired) electrons. The first-order valence-electron chi connectivity index (χ1n) is 13.2. The van der Waals surface area contributed by atoms with Crippen molar-refractivity contribution in [2.45, 2.75) is 37.9 Å². The third-order valence-corrected chi connectivity index (χ3v) is 6.98. The van der Waals surface area contributed by atoms with E-state index in [9.17, 15) is 9.59 Å². The number of rotatable bonds is 10. The van der Waals surface area contributed by atoms with Crippen LogP contribution in [0, 0.1) is 0 Å². The maximum Gasteiger partial charge on any atom is 0.292 e. The number of fused-ring (bicyclic) bond motifs is 1. The summed E-state index contributed by atoms with van der Waals surface area (Å²) in [5, 5.41) is 11.9. The molecular weight excluding hydrogens is 502 g/mol. The molecule has 2 amide bonds. The summed E-state index contributed by atoms with van der Waals surface area (Å²) in [5.74, 6) is -1.04. The highest BCUT2D eigenvalue weighted by molar-refractivity contribution is 5.90. The van der Waals surface area contributed by atoms with Crippen molar-refractivity contribution in [1.29, 1.82) is 0 Å². The van der Waals surface area contributed by atoms with Crippen LogP contribution in [0.2, 0.25) is 0 Å². The van der Waals surface area contributed by atoms with Crippen molar-refractivity contribution in [2.75, 3.05) is 0 Å². The van der Waals surface area contributed by atoms with Crippen molar-refractivity contribution < 1.29 is 14.1 Å². The van der Waals surface area contributed by atoms with E-state index in [4.69, 9.17) is 10.3 Å². The molecule has 0 aliphatic heterocycles. The Labute approximate surface area is 232 Å². The summed E-state index contributed by atoms with van der Waals surface area (Å²) in [7, 11) is 0. The number of nitrogens with one attached hydrogen (secondary N) is 2. The van der Waals surface area contributed by atoms with Gasteiger partial charge in [-0.3, -0.25) is 9.59 Å². The van der Waals surface area contributed by atoms with E-state index in [-0.39, 0.29) is 23.5 Å². The lowest BCUT2D eigenvalue weighted by Crippen LogP contribution is -2.45. The molecule has 8 heteroatoms. The van der Waals surface area contributed by atoms with Crippen LogP contribution in [-0.4, -0.2) is 28.0 Å². The molecule has 40 heavy (non-hydrogen) atoms. The summed E-state index contributed by atoms with van der Waals surface area (Å²) in [5.41, 5.74) is 9.33. The molecule has 4 N–H and O–H groups in total. The zero-order valence-electron chi connectivity index (χ0n) is 22.2. The van der Waals surface area contributed by atoms with Gasteiger partial charge >= 0.3 is 0 Å². The van der Waals surface area contributed by atoms with E-state index in [1.165, 1.54) is 0 Å². The van der Waals surface area contributed by atoms with Gasteiger partial charge in [0.15, 0.2) is 0 Å². The molecule has 0 aliphatic carbocycles. The molecule has 0 aliphatic rings. The van der Waals surface area contributed by atoms with Crippen molar-refractivity contribution >= 4 is 22.6 Å². The van der Waals surface area contributed by atoms with E-state index in [0.717, 1.165) is 27.5 Å². The first-order chi connectivity index (χ1) is 19.5. The largest absolute Gasteiger partial charge is 0.345 e. The molecular formula is C32H31N5O3. The number of carbonyl (C=O) groups excluding carboxylic acids is 2. The minimum absolute atomic E-state index is 0.105. The van der Waals surface area contributed by atoms with Gasteiger partial charge in [-0.15, -0.1) is 0 Å². The first kappa shape index (κ1) is 26.8. The zero-order valence-corrected chi connectivity index (χ0v) is 22.2. The minimum atomic E-state index is -0.823. The summed E-state index contributed by atoms with van der Waals surface area (Å²) in [6.45, 7) is 2.26. The number of aromatic nitrogens is 2. The summed E-state index contributed by atoms with van der Waals surface area (Å²) in [6, 6.07) is 31.8. The van der Waals surface area contributed by atoms with Crippen LogP contribution in [0.25, 0.3) is 10.8 Å². The van der Waals surface area contributed by atoms with Gasteiger partial charge in [-0.2, -0.15) is 4.98 Å². The summed E-state index contributed by atoms with van der Waals surface area (Å²) < 4.78 is 5.47. The molecule has 3 unspecified atom stereocenters. The molecule has 0 saturated heterocycles. The SMILES string of the molecule is CC(c1ccc2ccccc2c1)C(N)C(=O)NC(Cc1ccccc1)c1nc(C(=O)NCc2ccccc2)no1. The fraction of sp³-hybridized carbons (Fsp3) is 0.188. The van der Waals surface area contributed by atoms with Crippen LogP contribution < -0.4 is 16.4 Å². The van der Waals surface area contributed by atoms with Crippen molar-refractivity contribution in [2.24, 2.45) is 5.73 Å². The van der Waals surface area contributed by atoms with E-state index in [1.54, 1.807) is 0 Å². The van der Waals surface area contributed by atoms with Gasteiger partial charge in [-0.1, -0.05) is 115 Å². The Balaban J connectivity index is 1.31. The number of hydrogen-bond donors (Lipinski definition) is 3. The molecule has 1 aromatic heterocycles. The van der Waals surface area contributed by atoms with Gasteiger partial charge in [0, 0.05) is 18.9 Å². The normalized spacial score (nSPS) is 13.3. The van der Waals surface area contributed by atoms with Gasteiger partial charge in [-0.05, 0) is 27.5 Å².